The van der Waals surface area contributed by atoms with Crippen LogP contribution >= 0.6 is 0 Å². The molecule has 0 unspecified atom stereocenters. The average molecular weight is 709 g/mol. The maximum atomic E-state index is 14.2. The number of ether oxygens (including phenoxy) is 2. The number of methoxy groups -OCH3 is 2. The highest BCUT2D eigenvalue weighted by Gasteiger charge is 2.29. The second kappa shape index (κ2) is 17.0. The van der Waals surface area contributed by atoms with Gasteiger partial charge in [-0.1, -0.05) is 32.4 Å². The lowest BCUT2D eigenvalue weighted by atomic mass is 9.91. The van der Waals surface area contributed by atoms with Gasteiger partial charge in [-0.2, -0.15) is 0 Å². The monoisotopic (exact) mass is 708 g/mol. The Morgan fingerprint density at radius 2 is 1.65 bits per heavy atom. The summed E-state index contributed by atoms with van der Waals surface area (Å²) in [7, 11) is 2.72. The van der Waals surface area contributed by atoms with Crippen molar-refractivity contribution in [2.24, 2.45) is 5.73 Å². The number of nitrogens with zero attached hydrogens (tertiary/aromatic N) is 2. The van der Waals surface area contributed by atoms with Crippen LogP contribution in [0.15, 0.2) is 30.9 Å². The molecule has 5 N–H and O–H groups in total. The molecule has 0 fully saturated rings. The molecule has 2 aliphatic heterocycles. The average Bonchev–Trinajstić information content (AvgIpc) is 3.85. The van der Waals surface area contributed by atoms with Crippen LogP contribution in [0.25, 0.3) is 33.2 Å². The van der Waals surface area contributed by atoms with E-state index in [2.05, 4.69) is 41.8 Å². The van der Waals surface area contributed by atoms with E-state index in [1.54, 1.807) is 0 Å². The van der Waals surface area contributed by atoms with Gasteiger partial charge in [0.05, 0.1) is 48.8 Å². The Morgan fingerprint density at radius 1 is 0.923 bits per heavy atom. The van der Waals surface area contributed by atoms with E-state index in [-0.39, 0.29) is 30.6 Å². The predicted octanol–water partition coefficient (Wildman–Crippen LogP) is 6.85. The highest BCUT2D eigenvalue weighted by molar-refractivity contribution is 6.06. The standard InChI is InChI=1S/C41H52N6O5/c1-8-28-23(3)31-19-27-18-26(14-15-36(48)51-6)39(44-27)30(20-37(49)52-7)40-38(41(50)43-17-13-11-10-12-16-42)25(5)33(47-40)22-35-29(9-2)24(4)32(46-35)21-34(28)45-31/h8,19,21-22,26,46-47H,1,9-18,20,42H2,2-7H3,(H,43,50)/t26-/m0/s1. The minimum absolute atomic E-state index is 0.130. The molecule has 3 aromatic heterocycles. The summed E-state index contributed by atoms with van der Waals surface area (Å²) >= 11 is 0. The van der Waals surface area contributed by atoms with Crippen LogP contribution in [0.1, 0.15) is 114 Å². The van der Waals surface area contributed by atoms with Crippen molar-refractivity contribution in [3.63, 3.8) is 0 Å². The molecule has 5 rings (SSSR count). The first-order chi connectivity index (χ1) is 25.0. The molecule has 0 saturated carbocycles. The van der Waals surface area contributed by atoms with Crippen molar-refractivity contribution >= 4 is 51.1 Å². The molecular weight excluding hydrogens is 656 g/mol. The van der Waals surface area contributed by atoms with Gasteiger partial charge < -0.3 is 30.5 Å². The van der Waals surface area contributed by atoms with Gasteiger partial charge in [0.1, 0.15) is 0 Å². The fourth-order valence-corrected chi connectivity index (χ4v) is 7.34. The fraction of sp³-hybridized carbons (Fsp3) is 0.439. The van der Waals surface area contributed by atoms with E-state index in [1.165, 1.54) is 14.2 Å². The van der Waals surface area contributed by atoms with Crippen LogP contribution < -0.4 is 11.1 Å². The van der Waals surface area contributed by atoms with Crippen molar-refractivity contribution in [2.45, 2.75) is 91.4 Å². The van der Waals surface area contributed by atoms with Gasteiger partial charge in [-0.25, -0.2) is 4.98 Å². The number of aryl methyl sites for hydroxylation is 3. The van der Waals surface area contributed by atoms with Crippen molar-refractivity contribution < 1.29 is 23.9 Å². The lowest BCUT2D eigenvalue weighted by Gasteiger charge is -2.13. The number of carbonyl (C=O) groups is 3. The summed E-state index contributed by atoms with van der Waals surface area (Å²) in [6.07, 6.45) is 7.33. The van der Waals surface area contributed by atoms with Gasteiger partial charge in [0.2, 0.25) is 0 Å². The molecule has 5 heterocycles. The third-order valence-electron chi connectivity index (χ3n) is 10.3. The van der Waals surface area contributed by atoms with E-state index >= 15 is 0 Å². The van der Waals surface area contributed by atoms with E-state index in [0.29, 0.717) is 48.3 Å². The van der Waals surface area contributed by atoms with Crippen LogP contribution in [0.4, 0.5) is 0 Å². The largest absolute Gasteiger partial charge is 0.469 e. The molecule has 11 heteroatoms. The first-order valence-electron chi connectivity index (χ1n) is 18.3. The van der Waals surface area contributed by atoms with E-state index in [0.717, 1.165) is 93.6 Å². The number of esters is 2. The highest BCUT2D eigenvalue weighted by atomic mass is 16.5. The smallest absolute Gasteiger partial charge is 0.310 e. The third kappa shape index (κ3) is 8.04. The van der Waals surface area contributed by atoms with Crippen molar-refractivity contribution in [1.29, 1.82) is 0 Å². The van der Waals surface area contributed by atoms with E-state index < -0.39 is 5.97 Å². The maximum Gasteiger partial charge on any atom is 0.310 e. The summed E-state index contributed by atoms with van der Waals surface area (Å²) < 4.78 is 10.2. The van der Waals surface area contributed by atoms with Gasteiger partial charge in [-0.3, -0.25) is 19.4 Å². The molecule has 1 atom stereocenters. The molecule has 52 heavy (non-hydrogen) atoms. The molecule has 0 aromatic carbocycles. The lowest BCUT2D eigenvalue weighted by molar-refractivity contribution is -0.141. The Morgan fingerprint density at radius 3 is 2.35 bits per heavy atom. The number of fused-ring (bicyclic) bond motifs is 8. The fourth-order valence-electron chi connectivity index (χ4n) is 7.34. The Bertz CT molecular complexity index is 2070. The van der Waals surface area contributed by atoms with Crippen LogP contribution in [0.3, 0.4) is 0 Å². The van der Waals surface area contributed by atoms with Crippen LogP contribution in [0.5, 0.6) is 0 Å². The SMILES string of the molecule is C=CC1=C(C)c2cc3nc(c(CC(=O)OC)c4[nH]c(cc5[nH]c(cc1n2)c(C)c5CC)c(C)c4C(=O)NCCCCCCN)[C@@H](CCC(=O)OC)C3. The normalized spacial score (nSPS) is 14.0. The maximum absolute atomic E-state index is 14.2. The number of hydrogen-bond acceptors (Lipinski definition) is 8. The molecule has 0 spiro atoms. The molecule has 0 aliphatic carbocycles. The van der Waals surface area contributed by atoms with Crippen LogP contribution in [-0.2, 0) is 38.3 Å². The molecule has 11 nitrogen and oxygen atoms in total. The zero-order valence-electron chi connectivity index (χ0n) is 31.4. The number of unbranched alkanes of at least 4 members (excludes halogenated alkanes) is 3. The number of amides is 1. The number of allylic oxidation sites excluding steroid dienone is 3. The first-order valence-corrected chi connectivity index (χ1v) is 18.3. The molecule has 276 valence electrons. The first kappa shape index (κ1) is 38.2. The van der Waals surface area contributed by atoms with Gasteiger partial charge in [-0.05, 0) is 99.9 Å². The number of nitrogens with one attached hydrogen (secondary N) is 3. The lowest BCUT2D eigenvalue weighted by Crippen LogP contribution is -2.25. The minimum Gasteiger partial charge on any atom is -0.469 e. The van der Waals surface area contributed by atoms with Crippen molar-refractivity contribution in [3.8, 4) is 0 Å². The number of H-pyrrole nitrogens is 2. The van der Waals surface area contributed by atoms with Gasteiger partial charge in [0.25, 0.3) is 5.91 Å². The summed E-state index contributed by atoms with van der Waals surface area (Å²) in [6, 6.07) is 6.07. The summed E-state index contributed by atoms with van der Waals surface area (Å²) in [5.41, 5.74) is 17.6. The van der Waals surface area contributed by atoms with Crippen molar-refractivity contribution in [1.82, 2.24) is 25.3 Å². The van der Waals surface area contributed by atoms with Gasteiger partial charge in [-0.15, -0.1) is 0 Å². The summed E-state index contributed by atoms with van der Waals surface area (Å²) in [5, 5.41) is 3.13. The molecule has 1 amide bonds. The number of carbonyl (C=O) groups excluding carboxylic acids is 3. The molecule has 3 aromatic rings. The van der Waals surface area contributed by atoms with E-state index in [4.69, 9.17) is 25.2 Å². The number of aromatic nitrogens is 4. The molecular formula is C41H52N6O5. The van der Waals surface area contributed by atoms with Crippen molar-refractivity contribution in [2.75, 3.05) is 27.3 Å². The molecule has 0 saturated heterocycles. The summed E-state index contributed by atoms with van der Waals surface area (Å²) in [4.78, 5) is 57.1. The molecule has 2 aliphatic rings. The second-order valence-electron chi connectivity index (χ2n) is 13.6. The zero-order valence-corrected chi connectivity index (χ0v) is 31.4. The quantitative estimate of drug-likeness (QED) is 0.104. The van der Waals surface area contributed by atoms with Crippen LogP contribution in [-0.4, -0.2) is 65.1 Å². The van der Waals surface area contributed by atoms with Gasteiger partial charge >= 0.3 is 11.9 Å². The summed E-state index contributed by atoms with van der Waals surface area (Å²) in [5.74, 6) is -1.28. The third-order valence-corrected chi connectivity index (χ3v) is 10.3. The zero-order chi connectivity index (χ0) is 37.5. The summed E-state index contributed by atoms with van der Waals surface area (Å²) in [6.45, 7) is 13.4. The minimum atomic E-state index is -0.470. The topological polar surface area (TPSA) is 165 Å². The molecule has 0 radical (unpaired) electrons. The van der Waals surface area contributed by atoms with Crippen molar-refractivity contribution in [3.05, 3.63) is 81.4 Å². The second-order valence-corrected chi connectivity index (χ2v) is 13.6. The Labute approximate surface area is 305 Å². The van der Waals surface area contributed by atoms with E-state index in [9.17, 15) is 14.4 Å². The van der Waals surface area contributed by atoms with Crippen LogP contribution in [0.2, 0.25) is 0 Å². The number of rotatable bonds is 14. The highest BCUT2D eigenvalue weighted by Crippen LogP contribution is 2.37. The predicted molar refractivity (Wildman–Crippen MR) is 206 cm³/mol. The number of nitrogens with two attached hydrogens (primary N) is 1. The Hall–Kier alpha value is -5.03. The van der Waals surface area contributed by atoms with E-state index in [1.807, 2.05) is 32.1 Å². The van der Waals surface area contributed by atoms with Gasteiger partial charge in [0.15, 0.2) is 0 Å². The number of aromatic amines is 2. The number of hydrogen-bond donors (Lipinski definition) is 4. The van der Waals surface area contributed by atoms with Crippen LogP contribution in [0, 0.1) is 13.8 Å². The Balaban J connectivity index is 1.88. The Kier molecular flexibility index (Phi) is 12.5. The van der Waals surface area contributed by atoms with Gasteiger partial charge in [0, 0.05) is 52.3 Å². The molecule has 8 bridgehead atoms.